The molecule has 11 heteroatoms. The summed E-state index contributed by atoms with van der Waals surface area (Å²) in [6, 6.07) is 14.2. The van der Waals surface area contributed by atoms with Crippen LogP contribution < -0.4 is 10.2 Å². The van der Waals surface area contributed by atoms with Crippen LogP contribution in [0.1, 0.15) is 37.3 Å². The van der Waals surface area contributed by atoms with Crippen LogP contribution in [0.4, 0.5) is 5.69 Å². The van der Waals surface area contributed by atoms with Crippen molar-refractivity contribution in [3.8, 4) is 0 Å². The standard InChI is InChI=1S/C34H38ClN3O7/c1-3-5-11-27(40)44-21-25(22-9-7-6-8-10-22)36-31(41)28-26-16-17-34(45-26)29(28)32(42)38(19-20-39)30(34)33(43)37(18-4-2)24-14-12-23(35)13-15-24/h3-4,6-10,12-15,25-26,28-30,39H,1-2,5,11,16-21H2,(H,36,41)/t25-,26-,28+,29+,30-,34+/m1/s1. The number of aliphatic hydroxyl groups excluding tert-OH is 1. The van der Waals surface area contributed by atoms with Gasteiger partial charge in [0.15, 0.2) is 0 Å². The molecule has 10 nitrogen and oxygen atoms in total. The van der Waals surface area contributed by atoms with Crippen LogP contribution in [0.25, 0.3) is 0 Å². The normalized spacial score (nSPS) is 25.4. The molecule has 0 saturated carbocycles. The van der Waals surface area contributed by atoms with Crippen LogP contribution in [0.15, 0.2) is 79.9 Å². The van der Waals surface area contributed by atoms with Crippen LogP contribution in [-0.2, 0) is 28.7 Å². The predicted molar refractivity (Wildman–Crippen MR) is 168 cm³/mol. The second-order valence-corrected chi connectivity index (χ2v) is 11.9. The van der Waals surface area contributed by atoms with Gasteiger partial charge in [0.2, 0.25) is 11.8 Å². The zero-order valence-electron chi connectivity index (χ0n) is 25.0. The van der Waals surface area contributed by atoms with E-state index in [0.29, 0.717) is 30.0 Å². The number of halogens is 1. The number of rotatable bonds is 14. The molecule has 2 bridgehead atoms. The Bertz CT molecular complexity index is 1440. The summed E-state index contributed by atoms with van der Waals surface area (Å²) in [5.74, 6) is -3.45. The monoisotopic (exact) mass is 635 g/mol. The lowest BCUT2D eigenvalue weighted by molar-refractivity contribution is -0.146. The van der Waals surface area contributed by atoms with Crippen molar-refractivity contribution < 1.29 is 33.8 Å². The lowest BCUT2D eigenvalue weighted by Crippen LogP contribution is -2.57. The number of hydrogen-bond donors (Lipinski definition) is 2. The predicted octanol–water partition coefficient (Wildman–Crippen LogP) is 3.59. The van der Waals surface area contributed by atoms with Crippen molar-refractivity contribution in [3.63, 3.8) is 0 Å². The molecular formula is C34H38ClN3O7. The Hall–Kier alpha value is -3.99. The van der Waals surface area contributed by atoms with Crippen LogP contribution >= 0.6 is 11.6 Å². The second-order valence-electron chi connectivity index (χ2n) is 11.5. The van der Waals surface area contributed by atoms with Crippen LogP contribution in [-0.4, -0.2) is 77.7 Å². The van der Waals surface area contributed by atoms with Gasteiger partial charge in [0.25, 0.3) is 5.91 Å². The smallest absolute Gasteiger partial charge is 0.306 e. The Kier molecular flexibility index (Phi) is 10.1. The number of hydrogen-bond acceptors (Lipinski definition) is 7. The summed E-state index contributed by atoms with van der Waals surface area (Å²) in [6.07, 6.45) is 4.17. The Morgan fingerprint density at radius 1 is 1.16 bits per heavy atom. The fourth-order valence-corrected chi connectivity index (χ4v) is 7.07. The minimum Gasteiger partial charge on any atom is -0.463 e. The molecule has 2 aromatic rings. The number of allylic oxidation sites excluding steroid dienone is 1. The largest absolute Gasteiger partial charge is 0.463 e. The van der Waals surface area contributed by atoms with E-state index in [2.05, 4.69) is 18.5 Å². The zero-order valence-corrected chi connectivity index (χ0v) is 25.7. The van der Waals surface area contributed by atoms with E-state index in [4.69, 9.17) is 21.1 Å². The first-order valence-electron chi connectivity index (χ1n) is 15.1. The van der Waals surface area contributed by atoms with Crippen LogP contribution in [0, 0.1) is 11.8 Å². The molecule has 45 heavy (non-hydrogen) atoms. The Labute approximate surface area is 267 Å². The van der Waals surface area contributed by atoms with E-state index in [1.165, 1.54) is 9.80 Å². The molecule has 3 aliphatic heterocycles. The van der Waals surface area contributed by atoms with E-state index >= 15 is 0 Å². The van der Waals surface area contributed by atoms with E-state index in [-0.39, 0.29) is 32.7 Å². The lowest BCUT2D eigenvalue weighted by Gasteiger charge is -2.36. The summed E-state index contributed by atoms with van der Waals surface area (Å²) >= 11 is 6.09. The number of esters is 1. The third-order valence-electron chi connectivity index (χ3n) is 8.88. The average Bonchev–Trinajstić information content (AvgIpc) is 3.69. The number of fused-ring (bicyclic) bond motifs is 1. The van der Waals surface area contributed by atoms with Crippen molar-refractivity contribution in [1.82, 2.24) is 10.2 Å². The van der Waals surface area contributed by atoms with Gasteiger partial charge < -0.3 is 29.7 Å². The zero-order chi connectivity index (χ0) is 32.1. The number of carbonyl (C=O) groups excluding carboxylic acids is 4. The molecular weight excluding hydrogens is 598 g/mol. The number of nitrogens with one attached hydrogen (secondary N) is 1. The molecule has 3 aliphatic rings. The van der Waals surface area contributed by atoms with Gasteiger partial charge in [-0.05, 0) is 49.1 Å². The molecule has 3 amide bonds. The molecule has 5 rings (SSSR count). The molecule has 0 aromatic heterocycles. The SMILES string of the molecule is C=CCCC(=O)OC[C@@H](NC(=O)[C@@H]1[C@H]2C(=O)N(CCO)[C@H](C(=O)N(CC=C)c3ccc(Cl)cc3)[C@]23CC[C@H]1O3)c1ccccc1. The first-order chi connectivity index (χ1) is 21.7. The number of aliphatic hydroxyl groups is 1. The summed E-state index contributed by atoms with van der Waals surface area (Å²) in [4.78, 5) is 57.7. The maximum Gasteiger partial charge on any atom is 0.306 e. The van der Waals surface area contributed by atoms with Crippen molar-refractivity contribution >= 4 is 41.0 Å². The summed E-state index contributed by atoms with van der Waals surface area (Å²) in [7, 11) is 0. The highest BCUT2D eigenvalue weighted by atomic mass is 35.5. The van der Waals surface area contributed by atoms with Gasteiger partial charge in [-0.15, -0.1) is 13.2 Å². The lowest BCUT2D eigenvalue weighted by atomic mass is 9.70. The molecule has 3 fully saturated rings. The number of anilines is 1. The van der Waals surface area contributed by atoms with Gasteiger partial charge in [0, 0.05) is 30.2 Å². The van der Waals surface area contributed by atoms with Gasteiger partial charge in [-0.1, -0.05) is 54.1 Å². The second kappa shape index (κ2) is 14.0. The fourth-order valence-electron chi connectivity index (χ4n) is 6.94. The van der Waals surface area contributed by atoms with Crippen molar-refractivity contribution in [2.75, 3.05) is 31.2 Å². The van der Waals surface area contributed by atoms with E-state index in [9.17, 15) is 24.3 Å². The number of amides is 3. The van der Waals surface area contributed by atoms with Crippen molar-refractivity contribution in [2.45, 2.75) is 49.5 Å². The minimum atomic E-state index is -1.25. The molecule has 2 aromatic carbocycles. The van der Waals surface area contributed by atoms with Gasteiger partial charge in [-0.2, -0.15) is 0 Å². The van der Waals surface area contributed by atoms with Gasteiger partial charge in [-0.25, -0.2) is 0 Å². The Morgan fingerprint density at radius 3 is 2.56 bits per heavy atom. The van der Waals surface area contributed by atoms with Gasteiger partial charge in [0.05, 0.1) is 30.6 Å². The summed E-state index contributed by atoms with van der Waals surface area (Å²) in [6.45, 7) is 7.04. The summed E-state index contributed by atoms with van der Waals surface area (Å²) in [5.41, 5.74) is 0.0500. The molecule has 0 aliphatic carbocycles. The first kappa shape index (κ1) is 32.4. The fraction of sp³-hybridized carbons (Fsp3) is 0.412. The van der Waals surface area contributed by atoms with Gasteiger partial charge in [-0.3, -0.25) is 19.2 Å². The van der Waals surface area contributed by atoms with Crippen molar-refractivity contribution in [1.29, 1.82) is 0 Å². The highest BCUT2D eigenvalue weighted by Gasteiger charge is 2.74. The summed E-state index contributed by atoms with van der Waals surface area (Å²) in [5, 5.41) is 13.4. The highest BCUT2D eigenvalue weighted by molar-refractivity contribution is 6.30. The first-order valence-corrected chi connectivity index (χ1v) is 15.5. The molecule has 0 unspecified atom stereocenters. The number of carbonyl (C=O) groups is 4. The quantitative estimate of drug-likeness (QED) is 0.240. The number of likely N-dealkylation sites (tertiary alicyclic amines) is 1. The Morgan fingerprint density at radius 2 is 1.89 bits per heavy atom. The molecule has 6 atom stereocenters. The van der Waals surface area contributed by atoms with Crippen LogP contribution in [0.3, 0.4) is 0 Å². The summed E-state index contributed by atoms with van der Waals surface area (Å²) < 4.78 is 12.0. The third kappa shape index (κ3) is 6.27. The van der Waals surface area contributed by atoms with Gasteiger partial charge in [0.1, 0.15) is 18.2 Å². The maximum atomic E-state index is 14.4. The third-order valence-corrected chi connectivity index (χ3v) is 9.13. The Balaban J connectivity index is 1.43. The molecule has 238 valence electrons. The number of ether oxygens (including phenoxy) is 2. The minimum absolute atomic E-state index is 0.0916. The van der Waals surface area contributed by atoms with Crippen LogP contribution in [0.2, 0.25) is 5.02 Å². The highest BCUT2D eigenvalue weighted by Crippen LogP contribution is 2.58. The van der Waals surface area contributed by atoms with E-state index in [1.54, 1.807) is 36.4 Å². The molecule has 3 saturated heterocycles. The van der Waals surface area contributed by atoms with E-state index in [1.807, 2.05) is 30.3 Å². The van der Waals surface area contributed by atoms with Crippen molar-refractivity contribution in [3.05, 3.63) is 90.5 Å². The molecule has 1 spiro atoms. The molecule has 0 radical (unpaired) electrons. The number of nitrogens with zero attached hydrogens (tertiary/aromatic N) is 2. The topological polar surface area (TPSA) is 125 Å². The van der Waals surface area contributed by atoms with E-state index < -0.39 is 59.3 Å². The van der Waals surface area contributed by atoms with Crippen LogP contribution in [0.5, 0.6) is 0 Å². The molecule has 3 heterocycles. The van der Waals surface area contributed by atoms with Crippen molar-refractivity contribution in [2.24, 2.45) is 11.8 Å². The average molecular weight is 636 g/mol. The number of β-amino-alcohol motifs (C(OH)–C–C–N with tert-alkyl or cyclic N) is 1. The maximum absolute atomic E-state index is 14.4. The van der Waals surface area contributed by atoms with Gasteiger partial charge >= 0.3 is 5.97 Å². The number of benzene rings is 2. The van der Waals surface area contributed by atoms with E-state index in [0.717, 1.165) is 5.56 Å². The molecule has 2 N–H and O–H groups in total.